The van der Waals surface area contributed by atoms with Crippen LogP contribution in [0.25, 0.3) is 0 Å². The van der Waals surface area contributed by atoms with E-state index in [2.05, 4.69) is 10.1 Å². The highest BCUT2D eigenvalue weighted by molar-refractivity contribution is 5.85. The molecule has 8 heteroatoms. The van der Waals surface area contributed by atoms with Crippen molar-refractivity contribution in [1.29, 1.82) is 0 Å². The van der Waals surface area contributed by atoms with Crippen molar-refractivity contribution in [2.24, 2.45) is 0 Å². The molecule has 1 fully saturated rings. The standard InChI is InChI=1S/C10H17F3N2O2.ClH/c1-14-5-8-3-2-4-15(8)9(16)6-17-7-10(11,12)13;/h8,14H,2-7H2,1H3;1H. The van der Waals surface area contributed by atoms with E-state index in [1.54, 1.807) is 11.9 Å². The molecule has 1 atom stereocenters. The van der Waals surface area contributed by atoms with Crippen LogP contribution in [0.2, 0.25) is 0 Å². The van der Waals surface area contributed by atoms with E-state index in [4.69, 9.17) is 0 Å². The first-order chi connectivity index (χ1) is 7.94. The summed E-state index contributed by atoms with van der Waals surface area (Å²) in [4.78, 5) is 13.2. The van der Waals surface area contributed by atoms with E-state index in [1.807, 2.05) is 0 Å². The third-order valence-corrected chi connectivity index (χ3v) is 2.63. The maximum atomic E-state index is 11.8. The van der Waals surface area contributed by atoms with Crippen molar-refractivity contribution in [3.63, 3.8) is 0 Å². The van der Waals surface area contributed by atoms with Gasteiger partial charge in [-0.1, -0.05) is 0 Å². The minimum Gasteiger partial charge on any atom is -0.362 e. The molecule has 0 aliphatic carbocycles. The average Bonchev–Trinajstić information content (AvgIpc) is 2.64. The summed E-state index contributed by atoms with van der Waals surface area (Å²) < 4.78 is 39.8. The fourth-order valence-electron chi connectivity index (χ4n) is 1.95. The molecule has 0 saturated carbocycles. The van der Waals surface area contributed by atoms with Gasteiger partial charge in [-0.15, -0.1) is 12.4 Å². The second-order valence-corrected chi connectivity index (χ2v) is 4.05. The summed E-state index contributed by atoms with van der Waals surface area (Å²) in [7, 11) is 1.78. The first kappa shape index (κ1) is 17.5. The predicted octanol–water partition coefficient (Wildman–Crippen LogP) is 1.20. The molecule has 0 spiro atoms. The van der Waals surface area contributed by atoms with Gasteiger partial charge >= 0.3 is 6.18 Å². The zero-order valence-electron chi connectivity index (χ0n) is 10.1. The molecule has 0 radical (unpaired) electrons. The Bertz CT molecular complexity index is 264. The van der Waals surface area contributed by atoms with Crippen LogP contribution in [0.15, 0.2) is 0 Å². The highest BCUT2D eigenvalue weighted by atomic mass is 35.5. The first-order valence-electron chi connectivity index (χ1n) is 5.52. The van der Waals surface area contributed by atoms with E-state index in [0.717, 1.165) is 12.8 Å². The average molecular weight is 291 g/mol. The number of likely N-dealkylation sites (tertiary alicyclic amines) is 1. The number of likely N-dealkylation sites (N-methyl/N-ethyl adjacent to an activating group) is 1. The summed E-state index contributed by atoms with van der Waals surface area (Å²) >= 11 is 0. The number of hydrogen-bond donors (Lipinski definition) is 1. The second-order valence-electron chi connectivity index (χ2n) is 4.05. The van der Waals surface area contributed by atoms with Gasteiger partial charge in [0.1, 0.15) is 13.2 Å². The molecule has 1 amide bonds. The summed E-state index contributed by atoms with van der Waals surface area (Å²) in [5, 5.41) is 2.96. The van der Waals surface area contributed by atoms with E-state index < -0.39 is 19.4 Å². The molecule has 18 heavy (non-hydrogen) atoms. The largest absolute Gasteiger partial charge is 0.411 e. The minimum absolute atomic E-state index is 0. The van der Waals surface area contributed by atoms with Crippen molar-refractivity contribution >= 4 is 18.3 Å². The van der Waals surface area contributed by atoms with Crippen molar-refractivity contribution in [1.82, 2.24) is 10.2 Å². The lowest BCUT2D eigenvalue weighted by atomic mass is 10.2. The van der Waals surface area contributed by atoms with Gasteiger partial charge in [0, 0.05) is 19.1 Å². The number of carbonyl (C=O) groups excluding carboxylic acids is 1. The molecule has 1 unspecified atom stereocenters. The third-order valence-electron chi connectivity index (χ3n) is 2.63. The number of amides is 1. The highest BCUT2D eigenvalue weighted by Crippen LogP contribution is 2.18. The lowest BCUT2D eigenvalue weighted by Gasteiger charge is -2.24. The fourth-order valence-corrected chi connectivity index (χ4v) is 1.95. The van der Waals surface area contributed by atoms with Crippen LogP contribution in [0.1, 0.15) is 12.8 Å². The van der Waals surface area contributed by atoms with E-state index in [0.29, 0.717) is 13.1 Å². The monoisotopic (exact) mass is 290 g/mol. The molecule has 0 aromatic rings. The number of hydrogen-bond acceptors (Lipinski definition) is 3. The van der Waals surface area contributed by atoms with Gasteiger partial charge in [0.05, 0.1) is 0 Å². The van der Waals surface area contributed by atoms with E-state index >= 15 is 0 Å². The minimum atomic E-state index is -4.38. The Morgan fingerprint density at radius 3 is 2.72 bits per heavy atom. The normalized spacial score (nSPS) is 19.8. The zero-order valence-corrected chi connectivity index (χ0v) is 10.9. The number of alkyl halides is 3. The maximum Gasteiger partial charge on any atom is 0.411 e. The fraction of sp³-hybridized carbons (Fsp3) is 0.900. The molecule has 108 valence electrons. The van der Waals surface area contributed by atoms with Gasteiger partial charge in [-0.25, -0.2) is 0 Å². The molecule has 1 heterocycles. The number of carbonyl (C=O) groups is 1. The lowest BCUT2D eigenvalue weighted by Crippen LogP contribution is -2.42. The van der Waals surface area contributed by atoms with Gasteiger partial charge in [0.15, 0.2) is 0 Å². The molecule has 0 bridgehead atoms. The van der Waals surface area contributed by atoms with Crippen LogP contribution in [0.5, 0.6) is 0 Å². The van der Waals surface area contributed by atoms with Crippen LogP contribution in [0, 0.1) is 0 Å². The Hall–Kier alpha value is -0.530. The molecular weight excluding hydrogens is 273 g/mol. The van der Waals surface area contributed by atoms with Crippen molar-refractivity contribution in [2.75, 3.05) is 33.4 Å². The number of ether oxygens (including phenoxy) is 1. The molecule has 1 saturated heterocycles. The number of rotatable bonds is 5. The predicted molar refractivity (Wildman–Crippen MR) is 62.8 cm³/mol. The Morgan fingerprint density at radius 1 is 1.50 bits per heavy atom. The van der Waals surface area contributed by atoms with Gasteiger partial charge in [0.25, 0.3) is 0 Å². The van der Waals surface area contributed by atoms with Crippen LogP contribution in [-0.2, 0) is 9.53 Å². The van der Waals surface area contributed by atoms with Crippen LogP contribution < -0.4 is 5.32 Å². The molecule has 1 aliphatic heterocycles. The Kier molecular flexibility index (Phi) is 7.58. The molecule has 0 aromatic heterocycles. The molecule has 4 nitrogen and oxygen atoms in total. The van der Waals surface area contributed by atoms with Crippen molar-refractivity contribution in [3.05, 3.63) is 0 Å². The first-order valence-corrected chi connectivity index (χ1v) is 5.52. The van der Waals surface area contributed by atoms with Crippen molar-refractivity contribution in [3.8, 4) is 0 Å². The number of nitrogens with zero attached hydrogens (tertiary/aromatic N) is 1. The van der Waals surface area contributed by atoms with Gasteiger partial charge in [-0.2, -0.15) is 13.2 Å². The van der Waals surface area contributed by atoms with E-state index in [9.17, 15) is 18.0 Å². The van der Waals surface area contributed by atoms with Gasteiger partial charge in [-0.3, -0.25) is 4.79 Å². The van der Waals surface area contributed by atoms with E-state index in [1.165, 1.54) is 0 Å². The summed E-state index contributed by atoms with van der Waals surface area (Å²) in [6, 6.07) is 0.0713. The highest BCUT2D eigenvalue weighted by Gasteiger charge is 2.30. The van der Waals surface area contributed by atoms with Crippen molar-refractivity contribution in [2.45, 2.75) is 25.1 Å². The van der Waals surface area contributed by atoms with Crippen LogP contribution >= 0.6 is 12.4 Å². The summed E-state index contributed by atoms with van der Waals surface area (Å²) in [6.07, 6.45) is -2.61. The molecule has 1 N–H and O–H groups in total. The lowest BCUT2D eigenvalue weighted by molar-refractivity contribution is -0.178. The summed E-state index contributed by atoms with van der Waals surface area (Å²) in [5.41, 5.74) is 0. The van der Waals surface area contributed by atoms with Gasteiger partial charge in [-0.05, 0) is 19.9 Å². The SMILES string of the molecule is CNCC1CCCN1C(=O)COCC(F)(F)F.Cl. The second kappa shape index (κ2) is 7.81. The summed E-state index contributed by atoms with van der Waals surface area (Å²) in [6.45, 7) is -0.617. The molecule has 1 rings (SSSR count). The smallest absolute Gasteiger partial charge is 0.362 e. The molecular formula is C10H18ClF3N2O2. The topological polar surface area (TPSA) is 41.6 Å². The van der Waals surface area contributed by atoms with Crippen molar-refractivity contribution < 1.29 is 22.7 Å². The Balaban J connectivity index is 0.00000289. The van der Waals surface area contributed by atoms with E-state index in [-0.39, 0.29) is 24.4 Å². The third kappa shape index (κ3) is 5.88. The molecule has 1 aliphatic rings. The Morgan fingerprint density at radius 2 is 2.17 bits per heavy atom. The quantitative estimate of drug-likeness (QED) is 0.827. The maximum absolute atomic E-state index is 11.8. The van der Waals surface area contributed by atoms with Crippen LogP contribution in [0.4, 0.5) is 13.2 Å². The van der Waals surface area contributed by atoms with Gasteiger partial charge < -0.3 is 15.0 Å². The Labute approximate surface area is 110 Å². The van der Waals surface area contributed by atoms with Gasteiger partial charge in [0.2, 0.25) is 5.91 Å². The van der Waals surface area contributed by atoms with Crippen LogP contribution in [-0.4, -0.2) is 56.4 Å². The molecule has 0 aromatic carbocycles. The number of halogens is 4. The number of nitrogens with one attached hydrogen (secondary N) is 1. The van der Waals surface area contributed by atoms with Crippen LogP contribution in [0.3, 0.4) is 0 Å². The summed E-state index contributed by atoms with van der Waals surface area (Å²) in [5.74, 6) is -0.369. The zero-order chi connectivity index (χ0) is 12.9.